The van der Waals surface area contributed by atoms with Crippen LogP contribution in [0.2, 0.25) is 0 Å². The smallest absolute Gasteiger partial charge is 0.0506 e. The molecule has 1 aliphatic carbocycles. The molecule has 4 atom stereocenters. The fourth-order valence-corrected chi connectivity index (χ4v) is 3.22. The van der Waals surface area contributed by atoms with Gasteiger partial charge in [-0.1, -0.05) is 31.2 Å². The fraction of sp³-hybridized carbons (Fsp3) is 0.600. The summed E-state index contributed by atoms with van der Waals surface area (Å²) in [6.45, 7) is 4.01. The van der Waals surface area contributed by atoms with E-state index in [1.165, 1.54) is 11.1 Å². The van der Waals surface area contributed by atoms with Crippen LogP contribution in [-0.2, 0) is 4.74 Å². The SMILES string of the molecule is CC1COCCC1NC1CC(N)c2ccccc21. The van der Waals surface area contributed by atoms with E-state index in [4.69, 9.17) is 10.5 Å². The Balaban J connectivity index is 1.74. The highest BCUT2D eigenvalue weighted by molar-refractivity contribution is 5.37. The molecular weight excluding hydrogens is 224 g/mol. The van der Waals surface area contributed by atoms with Crippen LogP contribution >= 0.6 is 0 Å². The number of fused-ring (bicyclic) bond motifs is 1. The predicted octanol–water partition coefficient (Wildman–Crippen LogP) is 2.15. The summed E-state index contributed by atoms with van der Waals surface area (Å²) in [7, 11) is 0. The zero-order chi connectivity index (χ0) is 12.5. The molecular formula is C15H22N2O. The number of rotatable bonds is 2. The van der Waals surface area contributed by atoms with Gasteiger partial charge in [0.25, 0.3) is 0 Å². The molecule has 1 aromatic carbocycles. The van der Waals surface area contributed by atoms with Gasteiger partial charge in [-0.05, 0) is 29.9 Å². The van der Waals surface area contributed by atoms with Crippen molar-refractivity contribution >= 4 is 0 Å². The average Bonchev–Trinajstić information content (AvgIpc) is 2.70. The zero-order valence-corrected chi connectivity index (χ0v) is 10.9. The van der Waals surface area contributed by atoms with Crippen molar-refractivity contribution in [1.82, 2.24) is 5.32 Å². The summed E-state index contributed by atoms with van der Waals surface area (Å²) in [5, 5.41) is 3.79. The Morgan fingerprint density at radius 3 is 2.83 bits per heavy atom. The lowest BCUT2D eigenvalue weighted by Crippen LogP contribution is -2.42. The molecule has 2 aliphatic rings. The molecule has 0 radical (unpaired) electrons. The second-order valence-corrected chi connectivity index (χ2v) is 5.64. The monoisotopic (exact) mass is 246 g/mol. The van der Waals surface area contributed by atoms with Crippen molar-refractivity contribution in [3.05, 3.63) is 35.4 Å². The van der Waals surface area contributed by atoms with E-state index >= 15 is 0 Å². The third-order valence-corrected chi connectivity index (χ3v) is 4.32. The van der Waals surface area contributed by atoms with Crippen molar-refractivity contribution in [2.24, 2.45) is 11.7 Å². The second-order valence-electron chi connectivity index (χ2n) is 5.64. The van der Waals surface area contributed by atoms with Gasteiger partial charge in [-0.3, -0.25) is 0 Å². The van der Waals surface area contributed by atoms with E-state index in [9.17, 15) is 0 Å². The summed E-state index contributed by atoms with van der Waals surface area (Å²) in [5.41, 5.74) is 8.92. The normalized spacial score (nSPS) is 35.4. The molecule has 1 aromatic rings. The van der Waals surface area contributed by atoms with Gasteiger partial charge in [0.05, 0.1) is 6.61 Å². The first-order valence-corrected chi connectivity index (χ1v) is 6.94. The summed E-state index contributed by atoms with van der Waals surface area (Å²) >= 11 is 0. The Labute approximate surface area is 109 Å². The summed E-state index contributed by atoms with van der Waals surface area (Å²) in [6, 6.07) is 9.73. The van der Waals surface area contributed by atoms with Crippen LogP contribution in [0.3, 0.4) is 0 Å². The average molecular weight is 246 g/mol. The van der Waals surface area contributed by atoms with Gasteiger partial charge in [-0.15, -0.1) is 0 Å². The topological polar surface area (TPSA) is 47.3 Å². The van der Waals surface area contributed by atoms with Crippen molar-refractivity contribution in [2.45, 2.75) is 37.9 Å². The molecule has 1 fully saturated rings. The molecule has 0 amide bonds. The molecule has 1 saturated heterocycles. The quantitative estimate of drug-likeness (QED) is 0.840. The van der Waals surface area contributed by atoms with Crippen molar-refractivity contribution < 1.29 is 4.74 Å². The molecule has 3 N–H and O–H groups in total. The lowest BCUT2D eigenvalue weighted by molar-refractivity contribution is 0.0356. The third kappa shape index (κ3) is 2.18. The Morgan fingerprint density at radius 1 is 1.28 bits per heavy atom. The highest BCUT2D eigenvalue weighted by Crippen LogP contribution is 2.37. The summed E-state index contributed by atoms with van der Waals surface area (Å²) < 4.78 is 5.50. The maximum Gasteiger partial charge on any atom is 0.0506 e. The Kier molecular flexibility index (Phi) is 3.37. The Morgan fingerprint density at radius 2 is 2.06 bits per heavy atom. The van der Waals surface area contributed by atoms with Crippen LogP contribution < -0.4 is 11.1 Å². The summed E-state index contributed by atoms with van der Waals surface area (Å²) in [4.78, 5) is 0. The molecule has 98 valence electrons. The molecule has 0 spiro atoms. The molecule has 0 bridgehead atoms. The van der Waals surface area contributed by atoms with E-state index in [0.717, 1.165) is 26.1 Å². The molecule has 1 heterocycles. The number of benzene rings is 1. The first kappa shape index (κ1) is 12.2. The number of nitrogens with one attached hydrogen (secondary N) is 1. The van der Waals surface area contributed by atoms with Crippen molar-refractivity contribution in [2.75, 3.05) is 13.2 Å². The largest absolute Gasteiger partial charge is 0.381 e. The van der Waals surface area contributed by atoms with Crippen LogP contribution in [0.25, 0.3) is 0 Å². The van der Waals surface area contributed by atoms with Crippen molar-refractivity contribution in [1.29, 1.82) is 0 Å². The van der Waals surface area contributed by atoms with Gasteiger partial charge in [0.15, 0.2) is 0 Å². The number of hydrogen-bond donors (Lipinski definition) is 2. The van der Waals surface area contributed by atoms with E-state index in [2.05, 4.69) is 36.5 Å². The second kappa shape index (κ2) is 5.00. The Hall–Kier alpha value is -0.900. The number of ether oxygens (including phenoxy) is 1. The first-order valence-electron chi connectivity index (χ1n) is 6.94. The van der Waals surface area contributed by atoms with Crippen LogP contribution in [0.4, 0.5) is 0 Å². The van der Waals surface area contributed by atoms with Crippen LogP contribution in [0, 0.1) is 5.92 Å². The molecule has 18 heavy (non-hydrogen) atoms. The number of nitrogens with two attached hydrogens (primary N) is 1. The fourth-order valence-electron chi connectivity index (χ4n) is 3.22. The van der Waals surface area contributed by atoms with E-state index in [1.807, 2.05) is 0 Å². The lowest BCUT2D eigenvalue weighted by Gasteiger charge is -2.32. The van der Waals surface area contributed by atoms with Gasteiger partial charge in [-0.25, -0.2) is 0 Å². The minimum absolute atomic E-state index is 0.189. The van der Waals surface area contributed by atoms with Crippen molar-refractivity contribution in [3.8, 4) is 0 Å². The minimum Gasteiger partial charge on any atom is -0.381 e. The van der Waals surface area contributed by atoms with Gasteiger partial charge in [-0.2, -0.15) is 0 Å². The highest BCUT2D eigenvalue weighted by atomic mass is 16.5. The van der Waals surface area contributed by atoms with Crippen molar-refractivity contribution in [3.63, 3.8) is 0 Å². The van der Waals surface area contributed by atoms with Gasteiger partial charge in [0.2, 0.25) is 0 Å². The summed E-state index contributed by atoms with van der Waals surface area (Å²) in [5.74, 6) is 0.586. The van der Waals surface area contributed by atoms with Crippen LogP contribution in [0.15, 0.2) is 24.3 Å². The van der Waals surface area contributed by atoms with Gasteiger partial charge >= 0.3 is 0 Å². The van der Waals surface area contributed by atoms with Crippen LogP contribution in [0.1, 0.15) is 43.0 Å². The Bertz CT molecular complexity index is 421. The van der Waals surface area contributed by atoms with Crippen LogP contribution in [0.5, 0.6) is 0 Å². The highest BCUT2D eigenvalue weighted by Gasteiger charge is 2.31. The molecule has 0 aromatic heterocycles. The third-order valence-electron chi connectivity index (χ3n) is 4.32. The maximum atomic E-state index is 6.21. The standard InChI is InChI=1S/C15H22N2O/c1-10-9-18-7-6-14(10)17-15-8-13(16)11-4-2-3-5-12(11)15/h2-5,10,13-15,17H,6-9,16H2,1H3. The number of hydrogen-bond acceptors (Lipinski definition) is 3. The van der Waals surface area contributed by atoms with Gasteiger partial charge in [0, 0.05) is 24.7 Å². The van der Waals surface area contributed by atoms with E-state index in [-0.39, 0.29) is 6.04 Å². The zero-order valence-electron chi connectivity index (χ0n) is 10.9. The first-order chi connectivity index (χ1) is 8.75. The molecule has 1 aliphatic heterocycles. The maximum absolute atomic E-state index is 6.21. The van der Waals surface area contributed by atoms with Crippen LogP contribution in [-0.4, -0.2) is 19.3 Å². The van der Waals surface area contributed by atoms with Gasteiger partial charge in [0.1, 0.15) is 0 Å². The minimum atomic E-state index is 0.189. The predicted molar refractivity (Wildman–Crippen MR) is 72.3 cm³/mol. The molecule has 3 rings (SSSR count). The van der Waals surface area contributed by atoms with Gasteiger partial charge < -0.3 is 15.8 Å². The molecule has 3 heteroatoms. The molecule has 3 nitrogen and oxygen atoms in total. The van der Waals surface area contributed by atoms with E-state index < -0.39 is 0 Å². The summed E-state index contributed by atoms with van der Waals surface area (Å²) in [6.07, 6.45) is 2.12. The van der Waals surface area contributed by atoms with E-state index in [1.54, 1.807) is 0 Å². The molecule has 0 saturated carbocycles. The molecule has 4 unspecified atom stereocenters. The van der Waals surface area contributed by atoms with E-state index in [0.29, 0.717) is 18.0 Å². The lowest BCUT2D eigenvalue weighted by atomic mass is 9.96.